The van der Waals surface area contributed by atoms with Gasteiger partial charge in [-0.25, -0.2) is 0 Å². The maximum atomic E-state index is 5.48. The molecule has 1 saturated carbocycles. The normalized spacial score (nSPS) is 21.0. The van der Waals surface area contributed by atoms with Gasteiger partial charge < -0.3 is 5.73 Å². The van der Waals surface area contributed by atoms with Gasteiger partial charge in [-0.3, -0.25) is 0 Å². The lowest BCUT2D eigenvalue weighted by atomic mass is 10.3. The first-order chi connectivity index (χ1) is 4.83. The third kappa shape index (κ3) is 3.47. The minimum absolute atomic E-state index is 0.666. The van der Waals surface area contributed by atoms with Gasteiger partial charge in [-0.05, 0) is 18.1 Å². The number of hydrogen-bond acceptors (Lipinski definition) is 2. The van der Waals surface area contributed by atoms with Gasteiger partial charge in [-0.15, -0.1) is 0 Å². The SMILES string of the molecule is CC(CN)SCCC1CC1. The largest absolute Gasteiger partial charge is 0.329 e. The summed E-state index contributed by atoms with van der Waals surface area (Å²) < 4.78 is 0. The van der Waals surface area contributed by atoms with Crippen LogP contribution in [0.4, 0.5) is 0 Å². The van der Waals surface area contributed by atoms with Gasteiger partial charge in [0.2, 0.25) is 0 Å². The highest BCUT2D eigenvalue weighted by atomic mass is 32.2. The van der Waals surface area contributed by atoms with Crippen molar-refractivity contribution >= 4 is 11.8 Å². The second-order valence-electron chi connectivity index (χ2n) is 3.15. The van der Waals surface area contributed by atoms with Gasteiger partial charge in [0.1, 0.15) is 0 Å². The zero-order valence-electron chi connectivity index (χ0n) is 6.68. The van der Waals surface area contributed by atoms with E-state index in [1.165, 1.54) is 25.0 Å². The molecule has 0 bridgehead atoms. The molecule has 1 atom stereocenters. The Morgan fingerprint density at radius 1 is 1.60 bits per heavy atom. The Balaban J connectivity index is 1.83. The van der Waals surface area contributed by atoms with E-state index in [9.17, 15) is 0 Å². The lowest BCUT2D eigenvalue weighted by molar-refractivity contribution is 0.805. The Morgan fingerprint density at radius 2 is 2.30 bits per heavy atom. The van der Waals surface area contributed by atoms with Crippen molar-refractivity contribution in [3.8, 4) is 0 Å². The van der Waals surface area contributed by atoms with Gasteiger partial charge in [0.25, 0.3) is 0 Å². The molecule has 1 fully saturated rings. The third-order valence-electron chi connectivity index (χ3n) is 1.96. The van der Waals surface area contributed by atoms with Gasteiger partial charge in [0.05, 0.1) is 0 Å². The zero-order chi connectivity index (χ0) is 7.40. The van der Waals surface area contributed by atoms with Crippen molar-refractivity contribution < 1.29 is 0 Å². The smallest absolute Gasteiger partial charge is 0.0141 e. The molecule has 1 rings (SSSR count). The second kappa shape index (κ2) is 4.24. The molecule has 1 aliphatic carbocycles. The number of thioether (sulfide) groups is 1. The van der Waals surface area contributed by atoms with Crippen LogP contribution in [0.2, 0.25) is 0 Å². The van der Waals surface area contributed by atoms with Crippen LogP contribution < -0.4 is 5.73 Å². The summed E-state index contributed by atoms with van der Waals surface area (Å²) in [7, 11) is 0. The molecule has 0 aliphatic heterocycles. The summed E-state index contributed by atoms with van der Waals surface area (Å²) in [5.74, 6) is 2.40. The van der Waals surface area contributed by atoms with E-state index >= 15 is 0 Å². The second-order valence-corrected chi connectivity index (χ2v) is 4.70. The Labute approximate surface area is 67.8 Å². The van der Waals surface area contributed by atoms with E-state index in [0.717, 1.165) is 12.5 Å². The van der Waals surface area contributed by atoms with Crippen LogP contribution in [0.3, 0.4) is 0 Å². The molecular weight excluding hydrogens is 142 g/mol. The fourth-order valence-corrected chi connectivity index (χ4v) is 1.92. The van der Waals surface area contributed by atoms with Crippen LogP contribution in [0.25, 0.3) is 0 Å². The average Bonchev–Trinajstić information content (AvgIpc) is 2.71. The van der Waals surface area contributed by atoms with Crippen LogP contribution >= 0.6 is 11.8 Å². The van der Waals surface area contributed by atoms with E-state index < -0.39 is 0 Å². The minimum atomic E-state index is 0.666. The predicted molar refractivity (Wildman–Crippen MR) is 48.3 cm³/mol. The van der Waals surface area contributed by atoms with E-state index in [2.05, 4.69) is 6.92 Å². The molecule has 0 radical (unpaired) electrons. The lowest BCUT2D eigenvalue weighted by Crippen LogP contribution is -2.12. The summed E-state index contributed by atoms with van der Waals surface area (Å²) >= 11 is 2.02. The number of hydrogen-bond donors (Lipinski definition) is 1. The Hall–Kier alpha value is 0.310. The van der Waals surface area contributed by atoms with Gasteiger partial charge in [-0.2, -0.15) is 11.8 Å². The number of nitrogens with two attached hydrogens (primary N) is 1. The summed E-state index contributed by atoms with van der Waals surface area (Å²) in [5.41, 5.74) is 5.48. The molecule has 0 amide bonds. The van der Waals surface area contributed by atoms with Crippen LogP contribution in [0.1, 0.15) is 26.2 Å². The Morgan fingerprint density at radius 3 is 2.80 bits per heavy atom. The molecule has 1 nitrogen and oxygen atoms in total. The van der Waals surface area contributed by atoms with Crippen molar-refractivity contribution in [2.75, 3.05) is 12.3 Å². The summed E-state index contributed by atoms with van der Waals surface area (Å²) in [6.07, 6.45) is 4.39. The molecule has 2 heteroatoms. The zero-order valence-corrected chi connectivity index (χ0v) is 7.49. The van der Waals surface area contributed by atoms with Crippen LogP contribution in [0.5, 0.6) is 0 Å². The van der Waals surface area contributed by atoms with Gasteiger partial charge in [0, 0.05) is 11.8 Å². The minimum Gasteiger partial charge on any atom is -0.329 e. The maximum absolute atomic E-state index is 5.48. The van der Waals surface area contributed by atoms with Crippen molar-refractivity contribution in [3.05, 3.63) is 0 Å². The van der Waals surface area contributed by atoms with Crippen LogP contribution in [0, 0.1) is 5.92 Å². The van der Waals surface area contributed by atoms with E-state index in [1.54, 1.807) is 0 Å². The Kier molecular flexibility index (Phi) is 3.57. The topological polar surface area (TPSA) is 26.0 Å². The van der Waals surface area contributed by atoms with Crippen molar-refractivity contribution in [1.82, 2.24) is 0 Å². The van der Waals surface area contributed by atoms with Crippen LogP contribution in [-0.2, 0) is 0 Å². The molecule has 1 aliphatic rings. The molecule has 0 heterocycles. The maximum Gasteiger partial charge on any atom is 0.0141 e. The molecular formula is C8H17NS. The highest BCUT2D eigenvalue weighted by molar-refractivity contribution is 7.99. The fraction of sp³-hybridized carbons (Fsp3) is 1.00. The van der Waals surface area contributed by atoms with E-state index in [-0.39, 0.29) is 0 Å². The monoisotopic (exact) mass is 159 g/mol. The molecule has 60 valence electrons. The van der Waals surface area contributed by atoms with Crippen molar-refractivity contribution in [3.63, 3.8) is 0 Å². The van der Waals surface area contributed by atoms with Crippen molar-refractivity contribution in [1.29, 1.82) is 0 Å². The van der Waals surface area contributed by atoms with Crippen molar-refractivity contribution in [2.24, 2.45) is 11.7 Å². The number of rotatable bonds is 5. The van der Waals surface area contributed by atoms with Gasteiger partial charge >= 0.3 is 0 Å². The Bertz CT molecular complexity index is 91.3. The van der Waals surface area contributed by atoms with E-state index in [4.69, 9.17) is 5.73 Å². The summed E-state index contributed by atoms with van der Waals surface area (Å²) in [6.45, 7) is 3.03. The summed E-state index contributed by atoms with van der Waals surface area (Å²) in [4.78, 5) is 0. The molecule has 0 aromatic heterocycles. The van der Waals surface area contributed by atoms with E-state index in [1.807, 2.05) is 11.8 Å². The standard InChI is InChI=1S/C8H17NS/c1-7(6-9)10-5-4-8-2-3-8/h7-8H,2-6,9H2,1H3. The molecule has 1 unspecified atom stereocenters. The quantitative estimate of drug-likeness (QED) is 0.662. The summed E-state index contributed by atoms with van der Waals surface area (Å²) in [5, 5.41) is 0.666. The first-order valence-corrected chi connectivity index (χ1v) is 5.19. The third-order valence-corrected chi connectivity index (χ3v) is 3.19. The fourth-order valence-electron chi connectivity index (χ4n) is 0.910. The highest BCUT2D eigenvalue weighted by Gasteiger charge is 2.20. The van der Waals surface area contributed by atoms with Gasteiger partial charge in [-0.1, -0.05) is 19.8 Å². The molecule has 0 aromatic carbocycles. The molecule has 0 spiro atoms. The predicted octanol–water partition coefficient (Wildman–Crippen LogP) is 1.87. The van der Waals surface area contributed by atoms with Crippen LogP contribution in [-0.4, -0.2) is 17.5 Å². The molecule has 10 heavy (non-hydrogen) atoms. The van der Waals surface area contributed by atoms with E-state index in [0.29, 0.717) is 5.25 Å². The molecule has 0 saturated heterocycles. The first-order valence-electron chi connectivity index (χ1n) is 4.14. The van der Waals surface area contributed by atoms with Crippen LogP contribution in [0.15, 0.2) is 0 Å². The lowest BCUT2D eigenvalue weighted by Gasteiger charge is -2.06. The first kappa shape index (κ1) is 8.41. The highest BCUT2D eigenvalue weighted by Crippen LogP contribution is 2.33. The summed E-state index contributed by atoms with van der Waals surface area (Å²) in [6, 6.07) is 0. The molecule has 2 N–H and O–H groups in total. The molecule has 0 aromatic rings. The van der Waals surface area contributed by atoms with Crippen molar-refractivity contribution in [2.45, 2.75) is 31.4 Å². The van der Waals surface area contributed by atoms with Gasteiger partial charge in [0.15, 0.2) is 0 Å². The average molecular weight is 159 g/mol.